The van der Waals surface area contributed by atoms with Gasteiger partial charge in [-0.2, -0.15) is 17.0 Å². The minimum absolute atomic E-state index is 0.00381. The topological polar surface area (TPSA) is 72.0 Å². The average Bonchev–Trinajstić information content (AvgIpc) is 2.91. The molecule has 1 aromatic heterocycles. The summed E-state index contributed by atoms with van der Waals surface area (Å²) in [4.78, 5) is 3.86. The molecule has 0 saturated carbocycles. The highest BCUT2D eigenvalue weighted by Gasteiger charge is 2.56. The second-order valence-corrected chi connectivity index (χ2v) is 8.53. The fraction of sp³-hybridized carbons (Fsp3) is 0.667. The number of nitrogens with zero attached hydrogens (tertiary/aromatic N) is 3. The van der Waals surface area contributed by atoms with Crippen LogP contribution >= 0.6 is 0 Å². The van der Waals surface area contributed by atoms with E-state index in [-0.39, 0.29) is 11.8 Å². The highest BCUT2D eigenvalue weighted by molar-refractivity contribution is 7.86. The first-order chi connectivity index (χ1) is 11.3. The van der Waals surface area contributed by atoms with E-state index in [0.29, 0.717) is 32.7 Å². The van der Waals surface area contributed by atoms with Gasteiger partial charge in [-0.05, 0) is 30.9 Å². The summed E-state index contributed by atoms with van der Waals surface area (Å²) in [6, 6.07) is 2.81. The summed E-state index contributed by atoms with van der Waals surface area (Å²) in [6.07, 6.45) is 3.00. The fourth-order valence-electron chi connectivity index (χ4n) is 3.26. The van der Waals surface area contributed by atoms with E-state index in [4.69, 9.17) is 9.47 Å². The van der Waals surface area contributed by atoms with E-state index in [2.05, 4.69) is 4.98 Å². The monoisotopic (exact) mass is 359 g/mol. The maximum Gasteiger partial charge on any atom is 0.281 e. The molecule has 2 aliphatic rings. The Morgan fingerprint density at radius 1 is 1.50 bits per heavy atom. The summed E-state index contributed by atoms with van der Waals surface area (Å²) >= 11 is 0. The first kappa shape index (κ1) is 17.5. The van der Waals surface area contributed by atoms with Crippen LogP contribution in [0.15, 0.2) is 18.3 Å². The Labute approximate surface area is 141 Å². The first-order valence-corrected chi connectivity index (χ1v) is 9.30. The number of ether oxygens (including phenoxy) is 2. The number of hydrogen-bond donors (Lipinski definition) is 0. The number of halogens is 1. The molecular weight excluding hydrogens is 337 g/mol. The molecule has 2 aliphatic heterocycles. The number of hydrogen-bond acceptors (Lipinski definition) is 5. The van der Waals surface area contributed by atoms with E-state index in [0.717, 1.165) is 6.42 Å². The van der Waals surface area contributed by atoms with E-state index >= 15 is 0 Å². The van der Waals surface area contributed by atoms with Gasteiger partial charge in [0.25, 0.3) is 10.2 Å². The van der Waals surface area contributed by atoms with Gasteiger partial charge in [0.15, 0.2) is 5.82 Å². The Balaban J connectivity index is 1.55. The molecule has 1 spiro atoms. The standard InChI is InChI=1S/C15H22FN3O4S/c1-18(2)24(20,21)19-10-15(11-19)12(6-9-23-15)5-8-22-14-13(16)4-3-7-17-14/h3-4,7,12H,5-6,8-11H2,1-2H3/t12-/m0/s1. The van der Waals surface area contributed by atoms with Gasteiger partial charge in [0, 0.05) is 40.0 Å². The molecule has 3 rings (SSSR count). The largest absolute Gasteiger partial charge is 0.476 e. The Kier molecular flexibility index (Phi) is 4.78. The number of rotatable bonds is 6. The summed E-state index contributed by atoms with van der Waals surface area (Å²) in [5.74, 6) is -0.296. The summed E-state index contributed by atoms with van der Waals surface area (Å²) in [5.41, 5.74) is -0.435. The van der Waals surface area contributed by atoms with Crippen LogP contribution in [0.3, 0.4) is 0 Å². The molecule has 0 N–H and O–H groups in total. The van der Waals surface area contributed by atoms with Crippen LogP contribution in [-0.2, 0) is 14.9 Å². The third kappa shape index (κ3) is 3.13. The van der Waals surface area contributed by atoms with Crippen molar-refractivity contribution in [3.05, 3.63) is 24.1 Å². The Morgan fingerprint density at radius 2 is 2.25 bits per heavy atom. The molecule has 0 aliphatic carbocycles. The van der Waals surface area contributed by atoms with Crippen LogP contribution < -0.4 is 4.74 Å². The highest BCUT2D eigenvalue weighted by atomic mass is 32.2. The summed E-state index contributed by atoms with van der Waals surface area (Å²) in [7, 11) is -0.367. The van der Waals surface area contributed by atoms with Gasteiger partial charge in [-0.1, -0.05) is 0 Å². The van der Waals surface area contributed by atoms with Crippen LogP contribution in [0.4, 0.5) is 4.39 Å². The normalized spacial score (nSPS) is 23.6. The Morgan fingerprint density at radius 3 is 2.92 bits per heavy atom. The molecule has 0 aromatic carbocycles. The summed E-state index contributed by atoms with van der Waals surface area (Å²) < 4.78 is 51.6. The minimum Gasteiger partial charge on any atom is -0.476 e. The maximum absolute atomic E-state index is 13.5. The molecule has 7 nitrogen and oxygen atoms in total. The van der Waals surface area contributed by atoms with Crippen molar-refractivity contribution >= 4 is 10.2 Å². The maximum atomic E-state index is 13.5. The van der Waals surface area contributed by atoms with Gasteiger partial charge in [-0.3, -0.25) is 0 Å². The third-order valence-corrected chi connectivity index (χ3v) is 6.54. The molecule has 0 radical (unpaired) electrons. The second kappa shape index (κ2) is 6.55. The van der Waals surface area contributed by atoms with Gasteiger partial charge in [-0.25, -0.2) is 9.37 Å². The molecular formula is C15H22FN3O4S. The second-order valence-electron chi connectivity index (χ2n) is 6.38. The molecule has 2 saturated heterocycles. The van der Waals surface area contributed by atoms with Gasteiger partial charge in [0.05, 0.1) is 12.2 Å². The van der Waals surface area contributed by atoms with E-state index in [9.17, 15) is 12.8 Å². The summed E-state index contributed by atoms with van der Waals surface area (Å²) in [6.45, 7) is 1.65. The van der Waals surface area contributed by atoms with Crippen molar-refractivity contribution in [2.45, 2.75) is 18.4 Å². The Hall–Kier alpha value is -1.29. The van der Waals surface area contributed by atoms with Gasteiger partial charge in [0.1, 0.15) is 0 Å². The lowest BCUT2D eigenvalue weighted by atomic mass is 9.80. The van der Waals surface area contributed by atoms with E-state index in [1.807, 2.05) is 0 Å². The van der Waals surface area contributed by atoms with E-state index in [1.54, 1.807) is 0 Å². The quantitative estimate of drug-likeness (QED) is 0.754. The van der Waals surface area contributed by atoms with Crippen LogP contribution in [0.2, 0.25) is 0 Å². The lowest BCUT2D eigenvalue weighted by molar-refractivity contribution is -0.105. The average molecular weight is 359 g/mol. The molecule has 24 heavy (non-hydrogen) atoms. The van der Waals surface area contributed by atoms with E-state index in [1.165, 1.54) is 41.0 Å². The van der Waals surface area contributed by atoms with Crippen LogP contribution in [0.5, 0.6) is 5.88 Å². The van der Waals surface area contributed by atoms with Gasteiger partial charge in [-0.15, -0.1) is 0 Å². The van der Waals surface area contributed by atoms with Crippen molar-refractivity contribution in [1.29, 1.82) is 0 Å². The van der Waals surface area contributed by atoms with Crippen molar-refractivity contribution in [3.8, 4) is 5.88 Å². The Bertz CT molecular complexity index is 692. The molecule has 0 bridgehead atoms. The lowest BCUT2D eigenvalue weighted by Crippen LogP contribution is -2.67. The van der Waals surface area contributed by atoms with Crippen molar-refractivity contribution < 1.29 is 22.3 Å². The lowest BCUT2D eigenvalue weighted by Gasteiger charge is -2.49. The molecule has 1 aromatic rings. The third-order valence-electron chi connectivity index (χ3n) is 4.71. The molecule has 1 atom stereocenters. The summed E-state index contributed by atoms with van der Waals surface area (Å²) in [5, 5.41) is 0. The molecule has 3 heterocycles. The molecule has 2 fully saturated rings. The van der Waals surface area contributed by atoms with Crippen molar-refractivity contribution in [2.24, 2.45) is 5.92 Å². The zero-order valence-corrected chi connectivity index (χ0v) is 14.6. The zero-order valence-electron chi connectivity index (χ0n) is 13.8. The van der Waals surface area contributed by atoms with Crippen LogP contribution in [0.25, 0.3) is 0 Å². The number of pyridine rings is 1. The molecule has 9 heteroatoms. The molecule has 0 unspecified atom stereocenters. The first-order valence-electron chi connectivity index (χ1n) is 7.90. The van der Waals surface area contributed by atoms with Crippen molar-refractivity contribution in [3.63, 3.8) is 0 Å². The predicted molar refractivity (Wildman–Crippen MR) is 85.3 cm³/mol. The van der Waals surface area contributed by atoms with Gasteiger partial charge >= 0.3 is 0 Å². The predicted octanol–water partition coefficient (Wildman–Crippen LogP) is 0.887. The van der Waals surface area contributed by atoms with Crippen LogP contribution in [0, 0.1) is 11.7 Å². The SMILES string of the molecule is CN(C)S(=O)(=O)N1CC2(C1)OCC[C@@H]2CCOc1ncccc1F. The zero-order chi connectivity index (χ0) is 17.4. The van der Waals surface area contributed by atoms with Gasteiger partial charge in [0.2, 0.25) is 5.88 Å². The van der Waals surface area contributed by atoms with Crippen molar-refractivity contribution in [2.75, 3.05) is 40.4 Å². The van der Waals surface area contributed by atoms with Crippen LogP contribution in [0.1, 0.15) is 12.8 Å². The fourth-order valence-corrected chi connectivity index (χ4v) is 4.49. The van der Waals surface area contributed by atoms with E-state index < -0.39 is 21.6 Å². The molecule has 0 amide bonds. The van der Waals surface area contributed by atoms with Crippen LogP contribution in [-0.4, -0.2) is 68.0 Å². The number of aromatic nitrogens is 1. The smallest absolute Gasteiger partial charge is 0.281 e. The van der Waals surface area contributed by atoms with Crippen molar-refractivity contribution in [1.82, 2.24) is 13.6 Å². The van der Waals surface area contributed by atoms with Gasteiger partial charge < -0.3 is 9.47 Å². The minimum atomic E-state index is -3.40. The molecule has 134 valence electrons. The highest BCUT2D eigenvalue weighted by Crippen LogP contribution is 2.42.